The van der Waals surface area contributed by atoms with Crippen LogP contribution in [0.3, 0.4) is 0 Å². The van der Waals surface area contributed by atoms with E-state index < -0.39 is 0 Å². The summed E-state index contributed by atoms with van der Waals surface area (Å²) in [6.45, 7) is 0. The van der Waals surface area contributed by atoms with Crippen LogP contribution in [-0.4, -0.2) is 10.8 Å². The number of amides is 1. The van der Waals surface area contributed by atoms with Gasteiger partial charge in [-0.25, -0.2) is 0 Å². The van der Waals surface area contributed by atoms with E-state index in [2.05, 4.69) is 5.32 Å². The largest absolute Gasteiger partial charge is 0.325 e. The summed E-state index contributed by atoms with van der Waals surface area (Å²) in [5.41, 5.74) is 3.05. The fraction of sp³-hybridized carbons (Fsp3) is 0.0909. The highest BCUT2D eigenvalue weighted by Gasteiger charge is 2.35. The van der Waals surface area contributed by atoms with Gasteiger partial charge in [0.15, 0.2) is 0 Å². The van der Waals surface area contributed by atoms with E-state index in [4.69, 9.17) is 12.2 Å². The van der Waals surface area contributed by atoms with Crippen molar-refractivity contribution in [2.45, 2.75) is 5.92 Å². The molecule has 1 aliphatic heterocycles. The van der Waals surface area contributed by atoms with E-state index in [1.807, 2.05) is 30.4 Å². The molecule has 0 bridgehead atoms. The number of carbonyl (C=O) groups is 1. The van der Waals surface area contributed by atoms with Crippen LogP contribution in [0.1, 0.15) is 17.0 Å². The number of nitrogens with one attached hydrogen (secondary N) is 1. The van der Waals surface area contributed by atoms with Crippen LogP contribution in [0.4, 0.5) is 5.69 Å². The molecule has 3 heteroatoms. The second-order valence-corrected chi connectivity index (χ2v) is 3.94. The van der Waals surface area contributed by atoms with E-state index in [0.29, 0.717) is 4.86 Å². The van der Waals surface area contributed by atoms with Crippen LogP contribution in [0.5, 0.6) is 0 Å². The molecule has 0 fully saturated rings. The standard InChI is InChI=1S/C11H7NOS/c13-11-10-8(14)5-4-6-2-1-3-7(12-11)9(6)10/h1-5,10H,(H,12,13). The smallest absolute Gasteiger partial charge is 0.237 e. The average Bonchev–Trinajstić information content (AvgIpc) is 2.51. The molecule has 1 unspecified atom stereocenters. The fourth-order valence-electron chi connectivity index (χ4n) is 2.04. The van der Waals surface area contributed by atoms with E-state index in [9.17, 15) is 4.79 Å². The molecule has 2 nitrogen and oxygen atoms in total. The number of carbonyl (C=O) groups excluding carboxylic acids is 1. The number of hydrogen-bond donors (Lipinski definition) is 1. The zero-order chi connectivity index (χ0) is 9.71. The van der Waals surface area contributed by atoms with E-state index >= 15 is 0 Å². The lowest BCUT2D eigenvalue weighted by molar-refractivity contribution is -0.115. The molecule has 0 saturated heterocycles. The number of rotatable bonds is 0. The predicted octanol–water partition coefficient (Wildman–Crippen LogP) is 2.12. The molecule has 1 N–H and O–H groups in total. The Balaban J connectivity index is 2.35. The van der Waals surface area contributed by atoms with E-state index in [-0.39, 0.29) is 11.8 Å². The quantitative estimate of drug-likeness (QED) is 0.651. The minimum atomic E-state index is -0.235. The van der Waals surface area contributed by atoms with E-state index in [1.54, 1.807) is 0 Å². The SMILES string of the molecule is O=C1Nc2cccc3c2C1C(=S)C=C3. The molecular formula is C11H7NOS. The molecule has 0 spiro atoms. The van der Waals surface area contributed by atoms with E-state index in [0.717, 1.165) is 16.8 Å². The first-order valence-corrected chi connectivity index (χ1v) is 4.84. The molecule has 1 amide bonds. The van der Waals surface area contributed by atoms with Crippen LogP contribution in [0, 0.1) is 0 Å². The van der Waals surface area contributed by atoms with Crippen LogP contribution in [0.15, 0.2) is 24.3 Å². The number of anilines is 1. The monoisotopic (exact) mass is 201 g/mol. The Bertz CT molecular complexity index is 490. The van der Waals surface area contributed by atoms with Gasteiger partial charge in [-0.15, -0.1) is 0 Å². The molecule has 68 valence electrons. The molecule has 3 rings (SSSR count). The predicted molar refractivity (Wildman–Crippen MR) is 59.4 cm³/mol. The van der Waals surface area contributed by atoms with Crippen molar-refractivity contribution in [3.63, 3.8) is 0 Å². The Morgan fingerprint density at radius 1 is 1.29 bits per heavy atom. The molecular weight excluding hydrogens is 194 g/mol. The van der Waals surface area contributed by atoms with Gasteiger partial charge in [0.1, 0.15) is 5.92 Å². The highest BCUT2D eigenvalue weighted by molar-refractivity contribution is 7.81. The molecule has 0 saturated carbocycles. The third kappa shape index (κ3) is 0.849. The van der Waals surface area contributed by atoms with Gasteiger partial charge >= 0.3 is 0 Å². The Kier molecular flexibility index (Phi) is 1.42. The van der Waals surface area contributed by atoms with Gasteiger partial charge in [-0.1, -0.05) is 30.4 Å². The summed E-state index contributed by atoms with van der Waals surface area (Å²) in [6.07, 6.45) is 3.81. The highest BCUT2D eigenvalue weighted by Crippen LogP contribution is 2.39. The highest BCUT2D eigenvalue weighted by atomic mass is 32.1. The number of benzene rings is 1. The summed E-state index contributed by atoms with van der Waals surface area (Å²) in [4.78, 5) is 12.3. The molecule has 14 heavy (non-hydrogen) atoms. The Labute approximate surface area is 86.6 Å². The number of thiocarbonyl (C=S) groups is 1. The Morgan fingerprint density at radius 3 is 3.00 bits per heavy atom. The summed E-state index contributed by atoms with van der Waals surface area (Å²) < 4.78 is 0. The summed E-state index contributed by atoms with van der Waals surface area (Å²) in [7, 11) is 0. The van der Waals surface area contributed by atoms with Crippen LogP contribution >= 0.6 is 12.2 Å². The molecule has 2 aliphatic rings. The van der Waals surface area contributed by atoms with Crippen molar-refractivity contribution in [1.29, 1.82) is 0 Å². The van der Waals surface area contributed by atoms with Crippen molar-refractivity contribution in [2.75, 3.05) is 5.32 Å². The van der Waals surface area contributed by atoms with E-state index in [1.165, 1.54) is 0 Å². The molecule has 0 radical (unpaired) electrons. The third-order valence-electron chi connectivity index (χ3n) is 2.66. The first-order valence-electron chi connectivity index (χ1n) is 4.43. The van der Waals surface area contributed by atoms with Crippen LogP contribution in [-0.2, 0) is 4.79 Å². The first-order chi connectivity index (χ1) is 6.77. The van der Waals surface area contributed by atoms with Gasteiger partial charge < -0.3 is 5.32 Å². The summed E-state index contributed by atoms with van der Waals surface area (Å²) in [6, 6.07) is 5.86. The number of hydrogen-bond acceptors (Lipinski definition) is 2. The second kappa shape index (κ2) is 2.51. The Morgan fingerprint density at radius 2 is 2.14 bits per heavy atom. The van der Waals surface area contributed by atoms with Crippen LogP contribution in [0.2, 0.25) is 0 Å². The van der Waals surface area contributed by atoms with Gasteiger partial charge in [0, 0.05) is 16.1 Å². The third-order valence-corrected chi connectivity index (χ3v) is 3.03. The summed E-state index contributed by atoms with van der Waals surface area (Å²) in [5, 5.41) is 2.84. The number of allylic oxidation sites excluding steroid dienone is 1. The lowest BCUT2D eigenvalue weighted by Gasteiger charge is -2.14. The van der Waals surface area contributed by atoms with Crippen molar-refractivity contribution in [3.8, 4) is 0 Å². The van der Waals surface area contributed by atoms with Gasteiger partial charge in [0.25, 0.3) is 0 Å². The van der Waals surface area contributed by atoms with Gasteiger partial charge in [-0.05, 0) is 17.7 Å². The molecule has 1 heterocycles. The minimum absolute atomic E-state index is 0.00167. The normalized spacial score (nSPS) is 22.1. The Hall–Kier alpha value is -1.48. The van der Waals surface area contributed by atoms with Gasteiger partial charge in [0.05, 0.1) is 0 Å². The maximum Gasteiger partial charge on any atom is 0.237 e. The zero-order valence-electron chi connectivity index (χ0n) is 7.28. The summed E-state index contributed by atoms with van der Waals surface area (Å²) in [5.74, 6) is -0.233. The van der Waals surface area contributed by atoms with Crippen LogP contribution in [0.25, 0.3) is 6.08 Å². The van der Waals surface area contributed by atoms with Crippen LogP contribution < -0.4 is 5.32 Å². The maximum atomic E-state index is 11.6. The lowest BCUT2D eigenvalue weighted by atomic mass is 9.88. The van der Waals surface area contributed by atoms with Gasteiger partial charge in [0.2, 0.25) is 5.91 Å². The van der Waals surface area contributed by atoms with Gasteiger partial charge in [-0.3, -0.25) is 4.79 Å². The topological polar surface area (TPSA) is 29.1 Å². The minimum Gasteiger partial charge on any atom is -0.325 e. The van der Waals surface area contributed by atoms with Crippen molar-refractivity contribution in [2.24, 2.45) is 0 Å². The van der Waals surface area contributed by atoms with Crippen molar-refractivity contribution < 1.29 is 4.79 Å². The lowest BCUT2D eigenvalue weighted by Crippen LogP contribution is -2.19. The molecule has 1 atom stereocenters. The van der Waals surface area contributed by atoms with Gasteiger partial charge in [-0.2, -0.15) is 0 Å². The average molecular weight is 201 g/mol. The van der Waals surface area contributed by atoms with Crippen molar-refractivity contribution >= 4 is 34.8 Å². The fourth-order valence-corrected chi connectivity index (χ4v) is 2.33. The maximum absolute atomic E-state index is 11.6. The van der Waals surface area contributed by atoms with Crippen molar-refractivity contribution in [1.82, 2.24) is 0 Å². The molecule has 1 aromatic rings. The summed E-state index contributed by atoms with van der Waals surface area (Å²) >= 11 is 5.17. The zero-order valence-corrected chi connectivity index (χ0v) is 8.10. The molecule has 1 aromatic carbocycles. The van der Waals surface area contributed by atoms with Crippen molar-refractivity contribution in [3.05, 3.63) is 35.4 Å². The molecule has 1 aliphatic carbocycles. The second-order valence-electron chi connectivity index (χ2n) is 3.47. The first kappa shape index (κ1) is 7.88. The molecule has 0 aromatic heterocycles.